The molecule has 5 nitrogen and oxygen atoms in total. The molecule has 0 spiro atoms. The number of benzene rings is 4. The van der Waals surface area contributed by atoms with Crippen LogP contribution in [-0.2, 0) is 0 Å². The summed E-state index contributed by atoms with van der Waals surface area (Å²) in [6.45, 7) is 2.05. The highest BCUT2D eigenvalue weighted by atomic mass is 16.2. The first-order valence-corrected chi connectivity index (χ1v) is 10.7. The van der Waals surface area contributed by atoms with E-state index in [9.17, 15) is 4.79 Å². The van der Waals surface area contributed by atoms with E-state index in [0.29, 0.717) is 5.56 Å². The number of carbonyl (C=O) groups excluding carboxylic acids is 1. The predicted molar refractivity (Wildman–Crippen MR) is 133 cm³/mol. The highest BCUT2D eigenvalue weighted by Gasteiger charge is 2.12. The third kappa shape index (κ3) is 4.29. The SMILES string of the molecule is Cc1cccc(-c2nn(-c3ccccc3)cc2C=NNC(=O)c2cccc3ccccc23)c1. The van der Waals surface area contributed by atoms with Gasteiger partial charge in [-0.25, -0.2) is 10.1 Å². The van der Waals surface area contributed by atoms with Crippen LogP contribution in [0.4, 0.5) is 0 Å². The van der Waals surface area contributed by atoms with Crippen molar-refractivity contribution in [2.45, 2.75) is 6.92 Å². The van der Waals surface area contributed by atoms with E-state index in [1.165, 1.54) is 0 Å². The largest absolute Gasteiger partial charge is 0.271 e. The van der Waals surface area contributed by atoms with Gasteiger partial charge in [-0.3, -0.25) is 4.79 Å². The fraction of sp³-hybridized carbons (Fsp3) is 0.0357. The van der Waals surface area contributed by atoms with Crippen molar-refractivity contribution in [3.8, 4) is 16.9 Å². The molecule has 5 rings (SSSR count). The van der Waals surface area contributed by atoms with Gasteiger partial charge < -0.3 is 0 Å². The third-order valence-electron chi connectivity index (χ3n) is 5.46. The van der Waals surface area contributed by atoms with Gasteiger partial charge in [0, 0.05) is 22.9 Å². The molecule has 0 fully saturated rings. The molecular formula is C28H22N4O. The van der Waals surface area contributed by atoms with Crippen molar-refractivity contribution in [3.05, 3.63) is 120 Å². The van der Waals surface area contributed by atoms with Gasteiger partial charge in [0.1, 0.15) is 5.69 Å². The van der Waals surface area contributed by atoms with Crippen molar-refractivity contribution >= 4 is 22.9 Å². The van der Waals surface area contributed by atoms with Gasteiger partial charge >= 0.3 is 0 Å². The lowest BCUT2D eigenvalue weighted by Crippen LogP contribution is -2.17. The van der Waals surface area contributed by atoms with Gasteiger partial charge in [-0.15, -0.1) is 0 Å². The molecule has 5 heteroatoms. The molecular weight excluding hydrogens is 408 g/mol. The molecule has 0 bridgehead atoms. The van der Waals surface area contributed by atoms with Crippen molar-refractivity contribution in [1.82, 2.24) is 15.2 Å². The number of carbonyl (C=O) groups is 1. The van der Waals surface area contributed by atoms with Crippen LogP contribution in [0.3, 0.4) is 0 Å². The highest BCUT2D eigenvalue weighted by molar-refractivity contribution is 6.07. The number of nitrogens with zero attached hydrogens (tertiary/aromatic N) is 3. The van der Waals surface area contributed by atoms with Gasteiger partial charge in [0.05, 0.1) is 11.9 Å². The van der Waals surface area contributed by atoms with Crippen LogP contribution in [0.1, 0.15) is 21.5 Å². The Hall–Kier alpha value is -4.51. The van der Waals surface area contributed by atoms with Crippen LogP contribution in [0, 0.1) is 6.92 Å². The van der Waals surface area contributed by atoms with Gasteiger partial charge in [0.25, 0.3) is 5.91 Å². The van der Waals surface area contributed by atoms with Crippen LogP contribution in [0.15, 0.2) is 108 Å². The molecule has 4 aromatic carbocycles. The summed E-state index contributed by atoms with van der Waals surface area (Å²) in [7, 11) is 0. The Bertz CT molecular complexity index is 1460. The van der Waals surface area contributed by atoms with Gasteiger partial charge in [0.15, 0.2) is 0 Å². The Labute approximate surface area is 192 Å². The first kappa shape index (κ1) is 20.4. The van der Waals surface area contributed by atoms with E-state index in [2.05, 4.69) is 29.6 Å². The summed E-state index contributed by atoms with van der Waals surface area (Å²) in [6, 6.07) is 31.6. The molecule has 1 N–H and O–H groups in total. The molecule has 1 amide bonds. The number of hydrogen-bond donors (Lipinski definition) is 1. The average molecular weight is 431 g/mol. The van der Waals surface area contributed by atoms with Crippen LogP contribution in [-0.4, -0.2) is 21.9 Å². The summed E-state index contributed by atoms with van der Waals surface area (Å²) in [5.41, 5.74) is 7.95. The average Bonchev–Trinajstić information content (AvgIpc) is 3.28. The molecule has 0 aliphatic rings. The lowest BCUT2D eigenvalue weighted by atomic mass is 10.0. The minimum atomic E-state index is -0.254. The summed E-state index contributed by atoms with van der Waals surface area (Å²) >= 11 is 0. The first-order chi connectivity index (χ1) is 16.2. The zero-order valence-electron chi connectivity index (χ0n) is 18.1. The number of amides is 1. The Morgan fingerprint density at radius 3 is 2.52 bits per heavy atom. The Morgan fingerprint density at radius 1 is 0.909 bits per heavy atom. The quantitative estimate of drug-likeness (QED) is 0.284. The van der Waals surface area contributed by atoms with Gasteiger partial charge in [-0.05, 0) is 42.0 Å². The molecule has 1 aromatic heterocycles. The topological polar surface area (TPSA) is 59.3 Å². The normalized spacial score (nSPS) is 11.2. The fourth-order valence-electron chi connectivity index (χ4n) is 3.86. The molecule has 0 aliphatic heterocycles. The molecule has 160 valence electrons. The zero-order chi connectivity index (χ0) is 22.6. The number of fused-ring (bicyclic) bond motifs is 1. The van der Waals surface area contributed by atoms with Crippen LogP contribution >= 0.6 is 0 Å². The van der Waals surface area contributed by atoms with Crippen LogP contribution in [0.25, 0.3) is 27.7 Å². The zero-order valence-corrected chi connectivity index (χ0v) is 18.1. The van der Waals surface area contributed by atoms with E-state index in [1.807, 2.05) is 89.7 Å². The molecule has 5 aromatic rings. The van der Waals surface area contributed by atoms with Crippen molar-refractivity contribution < 1.29 is 4.79 Å². The smallest absolute Gasteiger partial charge is 0.267 e. The van der Waals surface area contributed by atoms with E-state index < -0.39 is 0 Å². The summed E-state index contributed by atoms with van der Waals surface area (Å²) in [4.78, 5) is 12.8. The molecule has 0 saturated carbocycles. The van der Waals surface area contributed by atoms with Crippen molar-refractivity contribution in [3.63, 3.8) is 0 Å². The van der Waals surface area contributed by atoms with E-state index in [1.54, 1.807) is 12.3 Å². The number of para-hydroxylation sites is 1. The second-order valence-electron chi connectivity index (χ2n) is 7.81. The maximum Gasteiger partial charge on any atom is 0.271 e. The summed E-state index contributed by atoms with van der Waals surface area (Å²) in [5, 5.41) is 11.0. The Morgan fingerprint density at radius 2 is 1.67 bits per heavy atom. The number of hydrazone groups is 1. The standard InChI is InChI=1S/C28H22N4O/c1-20-9-7-12-22(17-20)27-23(19-32(31-27)24-13-3-2-4-14-24)18-29-30-28(33)26-16-8-11-21-10-5-6-15-25(21)26/h2-19H,1H3,(H,30,33). The van der Waals surface area contributed by atoms with Gasteiger partial charge in [-0.1, -0.05) is 78.4 Å². The molecule has 0 aliphatic carbocycles. The molecule has 0 radical (unpaired) electrons. The molecule has 0 atom stereocenters. The van der Waals surface area contributed by atoms with E-state index >= 15 is 0 Å². The second-order valence-corrected chi connectivity index (χ2v) is 7.81. The summed E-state index contributed by atoms with van der Waals surface area (Å²) < 4.78 is 1.82. The Balaban J connectivity index is 1.47. The number of hydrogen-bond acceptors (Lipinski definition) is 3. The van der Waals surface area contributed by atoms with Gasteiger partial charge in [-0.2, -0.15) is 10.2 Å². The molecule has 1 heterocycles. The second kappa shape index (κ2) is 8.93. The Kier molecular flexibility index (Phi) is 5.52. The molecule has 0 unspecified atom stereocenters. The summed E-state index contributed by atoms with van der Waals surface area (Å²) in [6.07, 6.45) is 3.56. The van der Waals surface area contributed by atoms with E-state index in [0.717, 1.165) is 38.8 Å². The van der Waals surface area contributed by atoms with Crippen molar-refractivity contribution in [1.29, 1.82) is 0 Å². The minimum absolute atomic E-state index is 0.254. The predicted octanol–water partition coefficient (Wildman–Crippen LogP) is 5.76. The maximum absolute atomic E-state index is 12.8. The minimum Gasteiger partial charge on any atom is -0.267 e. The third-order valence-corrected chi connectivity index (χ3v) is 5.46. The lowest BCUT2D eigenvalue weighted by molar-refractivity contribution is 0.0957. The maximum atomic E-state index is 12.8. The first-order valence-electron chi connectivity index (χ1n) is 10.7. The lowest BCUT2D eigenvalue weighted by Gasteiger charge is -2.04. The van der Waals surface area contributed by atoms with Gasteiger partial charge in [0.2, 0.25) is 0 Å². The van der Waals surface area contributed by atoms with Crippen LogP contribution < -0.4 is 5.43 Å². The highest BCUT2D eigenvalue weighted by Crippen LogP contribution is 2.24. The van der Waals surface area contributed by atoms with Crippen LogP contribution in [0.2, 0.25) is 0 Å². The molecule has 33 heavy (non-hydrogen) atoms. The number of aryl methyl sites for hydroxylation is 1. The van der Waals surface area contributed by atoms with Crippen molar-refractivity contribution in [2.24, 2.45) is 5.10 Å². The summed E-state index contributed by atoms with van der Waals surface area (Å²) in [5.74, 6) is -0.254. The van der Waals surface area contributed by atoms with Crippen molar-refractivity contribution in [2.75, 3.05) is 0 Å². The fourth-order valence-corrected chi connectivity index (χ4v) is 3.86. The van der Waals surface area contributed by atoms with E-state index in [4.69, 9.17) is 5.10 Å². The number of aromatic nitrogens is 2. The van der Waals surface area contributed by atoms with E-state index in [-0.39, 0.29) is 5.91 Å². The van der Waals surface area contributed by atoms with Crippen LogP contribution in [0.5, 0.6) is 0 Å². The number of rotatable bonds is 5. The molecule has 0 saturated heterocycles. The monoisotopic (exact) mass is 430 g/mol. The number of nitrogens with one attached hydrogen (secondary N) is 1.